The molecule has 1 atom stereocenters. The molecule has 22 heavy (non-hydrogen) atoms. The zero-order chi connectivity index (χ0) is 15.0. The monoisotopic (exact) mass is 305 g/mol. The first-order chi connectivity index (χ1) is 10.8. The lowest BCUT2D eigenvalue weighted by Gasteiger charge is -2.45. The molecule has 2 saturated heterocycles. The summed E-state index contributed by atoms with van der Waals surface area (Å²) in [4.78, 5) is 2.49. The number of aromatic nitrogens is 2. The highest BCUT2D eigenvalue weighted by molar-refractivity contribution is 5.29. The molecule has 4 rings (SSSR count). The minimum absolute atomic E-state index is 0.0724. The largest absolute Gasteiger partial charge is 0.381 e. The Kier molecular flexibility index (Phi) is 3.96. The summed E-state index contributed by atoms with van der Waals surface area (Å²) in [6, 6.07) is 0.598. The number of nitrogens with one attached hydrogen (secondary N) is 1. The van der Waals surface area contributed by atoms with Crippen molar-refractivity contribution in [1.82, 2.24) is 15.1 Å². The molecule has 0 radical (unpaired) electrons. The number of aromatic amines is 1. The van der Waals surface area contributed by atoms with Crippen LogP contribution in [0.15, 0.2) is 0 Å². The Balaban J connectivity index is 1.42. The van der Waals surface area contributed by atoms with Crippen molar-refractivity contribution < 1.29 is 9.47 Å². The summed E-state index contributed by atoms with van der Waals surface area (Å²) in [5.41, 5.74) is 4.20. The van der Waals surface area contributed by atoms with Crippen LogP contribution in [0.4, 0.5) is 0 Å². The van der Waals surface area contributed by atoms with E-state index < -0.39 is 0 Å². The molecule has 1 aliphatic carbocycles. The van der Waals surface area contributed by atoms with Gasteiger partial charge in [-0.3, -0.25) is 10.00 Å². The van der Waals surface area contributed by atoms with Crippen molar-refractivity contribution in [3.05, 3.63) is 17.0 Å². The van der Waals surface area contributed by atoms with E-state index in [4.69, 9.17) is 9.47 Å². The van der Waals surface area contributed by atoms with Crippen LogP contribution < -0.4 is 0 Å². The first kappa shape index (κ1) is 14.7. The number of ether oxygens (including phenoxy) is 2. The van der Waals surface area contributed by atoms with E-state index in [9.17, 15) is 0 Å². The van der Waals surface area contributed by atoms with Gasteiger partial charge in [0.1, 0.15) is 0 Å². The summed E-state index contributed by atoms with van der Waals surface area (Å²) >= 11 is 0. The lowest BCUT2D eigenvalue weighted by Crippen LogP contribution is -2.50. The van der Waals surface area contributed by atoms with E-state index in [1.165, 1.54) is 36.2 Å². The quantitative estimate of drug-likeness (QED) is 0.929. The summed E-state index contributed by atoms with van der Waals surface area (Å²) < 4.78 is 11.7. The van der Waals surface area contributed by atoms with Crippen LogP contribution in [-0.2, 0) is 28.9 Å². The van der Waals surface area contributed by atoms with Crippen molar-refractivity contribution in [2.45, 2.75) is 63.1 Å². The number of aryl methyl sites for hydroxylation is 1. The van der Waals surface area contributed by atoms with E-state index in [-0.39, 0.29) is 5.60 Å². The van der Waals surface area contributed by atoms with Gasteiger partial charge >= 0.3 is 0 Å². The third-order valence-electron chi connectivity index (χ3n) is 5.79. The van der Waals surface area contributed by atoms with Crippen LogP contribution >= 0.6 is 0 Å². The van der Waals surface area contributed by atoms with Gasteiger partial charge in [-0.2, -0.15) is 5.10 Å². The number of hydrogen-bond acceptors (Lipinski definition) is 4. The highest BCUT2D eigenvalue weighted by Gasteiger charge is 2.40. The Hall–Kier alpha value is -0.910. The van der Waals surface area contributed by atoms with Crippen LogP contribution in [0.3, 0.4) is 0 Å². The van der Waals surface area contributed by atoms with Crippen LogP contribution in [0.2, 0.25) is 0 Å². The fourth-order valence-corrected chi connectivity index (χ4v) is 4.35. The van der Waals surface area contributed by atoms with Crippen LogP contribution in [-0.4, -0.2) is 53.6 Å². The van der Waals surface area contributed by atoms with E-state index in [0.717, 1.165) is 52.0 Å². The molecule has 3 heterocycles. The first-order valence-electron chi connectivity index (χ1n) is 8.73. The van der Waals surface area contributed by atoms with Gasteiger partial charge in [-0.25, -0.2) is 0 Å². The molecule has 1 N–H and O–H groups in total. The van der Waals surface area contributed by atoms with Crippen LogP contribution in [0.1, 0.15) is 49.1 Å². The second kappa shape index (κ2) is 5.95. The number of fused-ring (bicyclic) bond motifs is 1. The molecule has 0 amide bonds. The van der Waals surface area contributed by atoms with Gasteiger partial charge in [-0.1, -0.05) is 0 Å². The van der Waals surface area contributed by atoms with Crippen molar-refractivity contribution in [1.29, 1.82) is 0 Å². The van der Waals surface area contributed by atoms with E-state index in [0.29, 0.717) is 6.04 Å². The fourth-order valence-electron chi connectivity index (χ4n) is 4.35. The van der Waals surface area contributed by atoms with E-state index in [1.54, 1.807) is 0 Å². The van der Waals surface area contributed by atoms with Gasteiger partial charge in [-0.15, -0.1) is 0 Å². The predicted octanol–water partition coefficient (Wildman–Crippen LogP) is 2.06. The number of nitrogens with zero attached hydrogens (tertiary/aromatic N) is 2. The molecule has 122 valence electrons. The van der Waals surface area contributed by atoms with E-state index in [2.05, 4.69) is 22.1 Å². The molecular weight excluding hydrogens is 278 g/mol. The zero-order valence-electron chi connectivity index (χ0n) is 13.6. The second-order valence-electron chi connectivity index (χ2n) is 7.19. The summed E-state index contributed by atoms with van der Waals surface area (Å²) in [5.74, 6) is 0. The maximum Gasteiger partial charge on any atom is 0.0797 e. The lowest BCUT2D eigenvalue weighted by molar-refractivity contribution is -0.150. The lowest BCUT2D eigenvalue weighted by atomic mass is 9.83. The van der Waals surface area contributed by atoms with E-state index >= 15 is 0 Å². The third-order valence-corrected chi connectivity index (χ3v) is 5.79. The van der Waals surface area contributed by atoms with Gasteiger partial charge in [0.2, 0.25) is 0 Å². The van der Waals surface area contributed by atoms with Gasteiger partial charge < -0.3 is 9.47 Å². The topological polar surface area (TPSA) is 50.4 Å². The smallest absolute Gasteiger partial charge is 0.0797 e. The first-order valence-corrected chi connectivity index (χ1v) is 8.73. The summed E-state index contributed by atoms with van der Waals surface area (Å²) in [6.07, 6.45) is 8.02. The average molecular weight is 305 g/mol. The molecule has 3 aliphatic rings. The standard InChI is InChI=1S/C17H27N3O2/c1-20(12-16-14-3-2-4-15(14)18-19-16)13-5-8-22-17(11-13)6-9-21-10-7-17/h13H,2-12H2,1H3,(H,18,19)/t13-/m0/s1. The molecule has 1 spiro atoms. The molecule has 5 nitrogen and oxygen atoms in total. The normalized spacial score (nSPS) is 27.5. The highest BCUT2D eigenvalue weighted by Crippen LogP contribution is 2.36. The maximum atomic E-state index is 6.17. The number of rotatable bonds is 3. The van der Waals surface area contributed by atoms with Crippen LogP contribution in [0.5, 0.6) is 0 Å². The third kappa shape index (κ3) is 2.70. The molecule has 2 fully saturated rings. The Morgan fingerprint density at radius 1 is 1.27 bits per heavy atom. The molecule has 1 aromatic heterocycles. The Morgan fingerprint density at radius 2 is 2.14 bits per heavy atom. The van der Waals surface area contributed by atoms with Gasteiger partial charge in [0.15, 0.2) is 0 Å². The van der Waals surface area contributed by atoms with Crippen molar-refractivity contribution >= 4 is 0 Å². The number of H-pyrrole nitrogens is 1. The van der Waals surface area contributed by atoms with Crippen molar-refractivity contribution in [2.75, 3.05) is 26.9 Å². The summed E-state index contributed by atoms with van der Waals surface area (Å²) in [7, 11) is 2.25. The van der Waals surface area contributed by atoms with Crippen molar-refractivity contribution in [3.8, 4) is 0 Å². The van der Waals surface area contributed by atoms with Gasteiger partial charge in [0.05, 0.1) is 11.3 Å². The Bertz CT molecular complexity index is 516. The molecule has 0 bridgehead atoms. The predicted molar refractivity (Wildman–Crippen MR) is 83.8 cm³/mol. The number of hydrogen-bond donors (Lipinski definition) is 1. The maximum absolute atomic E-state index is 6.17. The summed E-state index contributed by atoms with van der Waals surface area (Å²) in [5, 5.41) is 7.79. The molecule has 0 saturated carbocycles. The molecular formula is C17H27N3O2. The second-order valence-corrected chi connectivity index (χ2v) is 7.19. The highest BCUT2D eigenvalue weighted by atomic mass is 16.5. The minimum atomic E-state index is 0.0724. The SMILES string of the molecule is CN(Cc1n[nH]c2c1CCC2)[C@H]1CCOC2(CCOCC2)C1. The molecule has 0 unspecified atom stereocenters. The minimum Gasteiger partial charge on any atom is -0.381 e. The fraction of sp³-hybridized carbons (Fsp3) is 0.824. The average Bonchev–Trinajstić information content (AvgIpc) is 3.13. The Labute approximate surface area is 132 Å². The molecule has 1 aromatic rings. The van der Waals surface area contributed by atoms with Crippen molar-refractivity contribution in [2.24, 2.45) is 0 Å². The van der Waals surface area contributed by atoms with Crippen LogP contribution in [0, 0.1) is 0 Å². The van der Waals surface area contributed by atoms with Gasteiger partial charge in [-0.05, 0) is 57.6 Å². The molecule has 0 aromatic carbocycles. The molecule has 5 heteroatoms. The zero-order valence-corrected chi connectivity index (χ0v) is 13.6. The van der Waals surface area contributed by atoms with E-state index in [1.807, 2.05) is 0 Å². The molecule has 2 aliphatic heterocycles. The van der Waals surface area contributed by atoms with Crippen LogP contribution in [0.25, 0.3) is 0 Å². The van der Waals surface area contributed by atoms with Gasteiger partial charge in [0.25, 0.3) is 0 Å². The van der Waals surface area contributed by atoms with Crippen molar-refractivity contribution in [3.63, 3.8) is 0 Å². The Morgan fingerprint density at radius 3 is 3.00 bits per heavy atom. The van der Waals surface area contributed by atoms with Gasteiger partial charge in [0, 0.05) is 38.1 Å². The summed E-state index contributed by atoms with van der Waals surface area (Å²) in [6.45, 7) is 3.55.